The minimum Gasteiger partial charge on any atom is -0.478 e. The van der Waals surface area contributed by atoms with Gasteiger partial charge in [-0.25, -0.2) is 4.79 Å². The molecule has 1 aliphatic carbocycles. The van der Waals surface area contributed by atoms with Gasteiger partial charge in [0.2, 0.25) is 0 Å². The van der Waals surface area contributed by atoms with Crippen LogP contribution in [0.2, 0.25) is 0 Å². The molecule has 3 heterocycles. The Bertz CT molecular complexity index is 1320. The fourth-order valence-corrected chi connectivity index (χ4v) is 7.62. The third kappa shape index (κ3) is 4.64. The zero-order valence-electron chi connectivity index (χ0n) is 23.2. The molecule has 5 nitrogen and oxygen atoms in total. The van der Waals surface area contributed by atoms with E-state index < -0.39 is 5.97 Å². The molecule has 6 rings (SSSR count). The van der Waals surface area contributed by atoms with E-state index in [1.165, 1.54) is 97.8 Å². The minimum absolute atomic E-state index is 0.384. The molecule has 3 aromatic rings. The number of nitrogens with zero attached hydrogens (tertiary/aromatic N) is 3. The Kier molecular flexibility index (Phi) is 7.22. The van der Waals surface area contributed by atoms with Gasteiger partial charge in [-0.2, -0.15) is 0 Å². The number of likely N-dealkylation sites (tertiary alicyclic amines) is 1. The highest BCUT2D eigenvalue weighted by molar-refractivity contribution is 5.99. The minimum atomic E-state index is -0.846. The number of carboxylic acids is 1. The van der Waals surface area contributed by atoms with E-state index in [9.17, 15) is 9.90 Å². The number of carbonyl (C=O) groups is 1. The Balaban J connectivity index is 1.45. The van der Waals surface area contributed by atoms with Crippen LogP contribution in [0.5, 0.6) is 0 Å². The normalized spacial score (nSPS) is 20.8. The van der Waals surface area contributed by atoms with Gasteiger partial charge in [-0.1, -0.05) is 50.8 Å². The lowest BCUT2D eigenvalue weighted by atomic mass is 9.81. The fourth-order valence-electron chi connectivity index (χ4n) is 7.62. The van der Waals surface area contributed by atoms with Gasteiger partial charge in [0.25, 0.3) is 0 Å². The second-order valence-electron chi connectivity index (χ2n) is 11.9. The third-order valence-corrected chi connectivity index (χ3v) is 9.59. The molecule has 2 aliphatic heterocycles. The first kappa shape index (κ1) is 25.5. The van der Waals surface area contributed by atoms with Crippen molar-refractivity contribution in [1.82, 2.24) is 9.47 Å². The molecule has 0 bridgehead atoms. The van der Waals surface area contributed by atoms with Gasteiger partial charge in [-0.3, -0.25) is 0 Å². The van der Waals surface area contributed by atoms with E-state index in [2.05, 4.69) is 52.5 Å². The summed E-state index contributed by atoms with van der Waals surface area (Å²) in [4.78, 5) is 17.3. The van der Waals surface area contributed by atoms with Crippen LogP contribution in [-0.2, 0) is 6.54 Å². The number of aromatic nitrogens is 1. The molecule has 2 aromatic carbocycles. The average molecular weight is 514 g/mol. The van der Waals surface area contributed by atoms with E-state index in [0.717, 1.165) is 31.7 Å². The van der Waals surface area contributed by atoms with E-state index in [0.29, 0.717) is 17.5 Å². The lowest BCUT2D eigenvalue weighted by molar-refractivity contribution is 0.0697. The monoisotopic (exact) mass is 513 g/mol. The summed E-state index contributed by atoms with van der Waals surface area (Å²) in [6.07, 6.45) is 11.6. The van der Waals surface area contributed by atoms with Crippen molar-refractivity contribution in [3.8, 4) is 11.3 Å². The molecule has 3 aliphatic rings. The lowest BCUT2D eigenvalue weighted by Gasteiger charge is -2.36. The highest BCUT2D eigenvalue weighted by Crippen LogP contribution is 2.47. The van der Waals surface area contributed by atoms with Crippen molar-refractivity contribution in [3.05, 3.63) is 53.1 Å². The maximum absolute atomic E-state index is 11.9. The van der Waals surface area contributed by atoms with Gasteiger partial charge in [0.05, 0.1) is 11.3 Å². The molecular formula is C33H43N3O2. The van der Waals surface area contributed by atoms with Gasteiger partial charge in [0.1, 0.15) is 0 Å². The Morgan fingerprint density at radius 3 is 2.55 bits per heavy atom. The smallest absolute Gasteiger partial charge is 0.335 e. The van der Waals surface area contributed by atoms with Gasteiger partial charge >= 0.3 is 5.97 Å². The van der Waals surface area contributed by atoms with E-state index >= 15 is 0 Å². The number of hydrogen-bond donors (Lipinski definition) is 1. The maximum Gasteiger partial charge on any atom is 0.335 e. The van der Waals surface area contributed by atoms with Crippen LogP contribution in [0.1, 0.15) is 92.1 Å². The number of piperidine rings is 1. The van der Waals surface area contributed by atoms with Crippen LogP contribution in [0.3, 0.4) is 0 Å². The molecule has 1 saturated carbocycles. The van der Waals surface area contributed by atoms with Crippen LogP contribution >= 0.6 is 0 Å². The molecular weight excluding hydrogens is 470 g/mol. The number of fused-ring (bicyclic) bond motifs is 5. The maximum atomic E-state index is 11.9. The van der Waals surface area contributed by atoms with E-state index in [1.54, 1.807) is 0 Å². The van der Waals surface area contributed by atoms with Gasteiger partial charge in [0, 0.05) is 47.8 Å². The summed E-state index contributed by atoms with van der Waals surface area (Å²) >= 11 is 0. The van der Waals surface area contributed by atoms with Crippen LogP contribution in [0.4, 0.5) is 5.69 Å². The topological polar surface area (TPSA) is 48.7 Å². The van der Waals surface area contributed by atoms with Crippen molar-refractivity contribution in [2.75, 3.05) is 31.1 Å². The van der Waals surface area contributed by atoms with Crippen LogP contribution in [0, 0.1) is 6.92 Å². The summed E-state index contributed by atoms with van der Waals surface area (Å²) in [5.41, 5.74) is 8.29. The number of benzene rings is 2. The summed E-state index contributed by atoms with van der Waals surface area (Å²) in [5.74, 6) is -0.305. The molecule has 1 unspecified atom stereocenters. The fraction of sp³-hybridized carbons (Fsp3) is 0.545. The molecule has 1 aromatic heterocycles. The Hall–Kier alpha value is -2.79. The number of hydrogen-bond acceptors (Lipinski definition) is 3. The molecule has 1 atom stereocenters. The Morgan fingerprint density at radius 2 is 1.76 bits per heavy atom. The van der Waals surface area contributed by atoms with Gasteiger partial charge in [-0.15, -0.1) is 0 Å². The molecule has 0 spiro atoms. The Morgan fingerprint density at radius 1 is 0.947 bits per heavy atom. The molecule has 1 N–H and O–H groups in total. The first-order valence-corrected chi connectivity index (χ1v) is 15.0. The number of aromatic carboxylic acids is 1. The molecule has 0 radical (unpaired) electrons. The summed E-state index contributed by atoms with van der Waals surface area (Å²) in [6.45, 7) is 9.81. The predicted octanol–water partition coefficient (Wildman–Crippen LogP) is 7.45. The SMILES string of the molecule is CCN1CCCCC1CCN1CCn2c(c(C3CCCCC3)c3ccc(C(=O)O)cc32)-c2ccc(C)cc21. The van der Waals surface area contributed by atoms with Crippen molar-refractivity contribution in [3.63, 3.8) is 0 Å². The predicted molar refractivity (Wildman–Crippen MR) is 157 cm³/mol. The van der Waals surface area contributed by atoms with Crippen LogP contribution in [-0.4, -0.2) is 52.8 Å². The largest absolute Gasteiger partial charge is 0.478 e. The van der Waals surface area contributed by atoms with Crippen LogP contribution in [0.25, 0.3) is 22.2 Å². The van der Waals surface area contributed by atoms with Gasteiger partial charge in [-0.05, 0) is 87.4 Å². The van der Waals surface area contributed by atoms with E-state index in [1.807, 2.05) is 12.1 Å². The van der Waals surface area contributed by atoms with Crippen molar-refractivity contribution >= 4 is 22.6 Å². The quantitative estimate of drug-likeness (QED) is 0.372. The molecule has 1 saturated heterocycles. The summed E-state index contributed by atoms with van der Waals surface area (Å²) in [5, 5.41) is 11.1. The standard InChI is InChI=1S/C33H43N3O2/c1-3-34-17-8-7-11-26(34)16-18-35-19-20-36-30-22-25(33(37)38)13-15-27(30)31(24-9-5-4-6-10-24)32(36)28-14-12-23(2)21-29(28)35/h12-15,21-22,24,26H,3-11,16-20H2,1-2H3,(H,37,38). The highest BCUT2D eigenvalue weighted by Gasteiger charge is 2.31. The molecule has 5 heteroatoms. The molecule has 38 heavy (non-hydrogen) atoms. The zero-order chi connectivity index (χ0) is 26.2. The number of aryl methyl sites for hydroxylation is 1. The van der Waals surface area contributed by atoms with Gasteiger partial charge in [0.15, 0.2) is 0 Å². The van der Waals surface area contributed by atoms with Crippen molar-refractivity contribution < 1.29 is 9.90 Å². The van der Waals surface area contributed by atoms with Crippen LogP contribution in [0.15, 0.2) is 36.4 Å². The zero-order valence-corrected chi connectivity index (χ0v) is 23.2. The van der Waals surface area contributed by atoms with Crippen molar-refractivity contribution in [2.24, 2.45) is 0 Å². The second kappa shape index (κ2) is 10.8. The number of anilines is 1. The van der Waals surface area contributed by atoms with Crippen LogP contribution < -0.4 is 4.90 Å². The number of carboxylic acid groups (broad SMARTS) is 1. The second-order valence-corrected chi connectivity index (χ2v) is 11.9. The first-order chi connectivity index (χ1) is 18.5. The molecule has 2 fully saturated rings. The summed E-state index contributed by atoms with van der Waals surface area (Å²) in [7, 11) is 0. The summed E-state index contributed by atoms with van der Waals surface area (Å²) in [6, 6.07) is 13.5. The average Bonchev–Trinajstić information content (AvgIpc) is 3.18. The summed E-state index contributed by atoms with van der Waals surface area (Å²) < 4.78 is 2.47. The highest BCUT2D eigenvalue weighted by atomic mass is 16.4. The first-order valence-electron chi connectivity index (χ1n) is 15.0. The van der Waals surface area contributed by atoms with E-state index in [-0.39, 0.29) is 0 Å². The van der Waals surface area contributed by atoms with Gasteiger partial charge < -0.3 is 19.5 Å². The molecule has 202 valence electrons. The lowest BCUT2D eigenvalue weighted by Crippen LogP contribution is -2.41. The number of rotatable bonds is 6. The van der Waals surface area contributed by atoms with Crippen molar-refractivity contribution in [1.29, 1.82) is 0 Å². The third-order valence-electron chi connectivity index (χ3n) is 9.59. The van der Waals surface area contributed by atoms with Crippen molar-refractivity contribution in [2.45, 2.75) is 90.1 Å². The molecule has 0 amide bonds. The van der Waals surface area contributed by atoms with E-state index in [4.69, 9.17) is 0 Å². The Labute approximate surface area is 227 Å².